The lowest BCUT2D eigenvalue weighted by Crippen LogP contribution is -2.46. The minimum Gasteiger partial charge on any atom is -0.353 e. The van der Waals surface area contributed by atoms with Crippen molar-refractivity contribution in [2.24, 2.45) is 26.9 Å². The van der Waals surface area contributed by atoms with E-state index in [1.54, 1.807) is 4.57 Å². The largest absolute Gasteiger partial charge is 0.353 e. The van der Waals surface area contributed by atoms with Crippen molar-refractivity contribution in [3.8, 4) is 0 Å². The molecule has 0 saturated carbocycles. The molecule has 2 aliphatic heterocycles. The first-order chi connectivity index (χ1) is 11.5. The second-order valence-corrected chi connectivity index (χ2v) is 7.23. The summed E-state index contributed by atoms with van der Waals surface area (Å²) in [6.45, 7) is 4.50. The number of aliphatic imine (C=N–C) groups is 1. The Balaban J connectivity index is 1.98. The first-order valence-electron chi connectivity index (χ1n) is 8.13. The molecule has 24 heavy (non-hydrogen) atoms. The van der Waals surface area contributed by atoms with Gasteiger partial charge in [-0.2, -0.15) is 0 Å². The van der Waals surface area contributed by atoms with Crippen LogP contribution in [0.15, 0.2) is 20.1 Å². The molecule has 132 valence electrons. The van der Waals surface area contributed by atoms with Gasteiger partial charge in [-0.1, -0.05) is 41.9 Å². The van der Waals surface area contributed by atoms with E-state index in [0.717, 1.165) is 41.9 Å². The number of rotatable bonds is 4. The molecule has 0 aliphatic carbocycles. The summed E-state index contributed by atoms with van der Waals surface area (Å²) >= 11 is 1.15. The number of fused-ring (bicyclic) bond motifs is 1. The molecule has 0 radical (unpaired) electrons. The summed E-state index contributed by atoms with van der Waals surface area (Å²) in [6, 6.07) is 0. The monoisotopic (exact) mass is 353 g/mol. The van der Waals surface area contributed by atoms with Gasteiger partial charge in [0, 0.05) is 0 Å². The molecule has 1 fully saturated rings. The van der Waals surface area contributed by atoms with Crippen LogP contribution in [-0.4, -0.2) is 22.2 Å². The van der Waals surface area contributed by atoms with Crippen molar-refractivity contribution in [2.45, 2.75) is 63.9 Å². The van der Waals surface area contributed by atoms with Gasteiger partial charge in [0.15, 0.2) is 6.23 Å². The minimum absolute atomic E-state index is 0.0628. The maximum absolute atomic E-state index is 12.6. The number of guanidine groups is 1. The molecule has 0 bridgehead atoms. The number of thiazole rings is 1. The highest BCUT2D eigenvalue weighted by atomic mass is 32.1. The smallest absolute Gasteiger partial charge is 0.311 e. The third-order valence-electron chi connectivity index (χ3n) is 4.59. The number of ether oxygens (including phenoxy) is 1. The van der Waals surface area contributed by atoms with E-state index in [1.807, 2.05) is 6.92 Å². The van der Waals surface area contributed by atoms with Gasteiger partial charge in [0.05, 0.1) is 23.1 Å². The van der Waals surface area contributed by atoms with Crippen molar-refractivity contribution >= 4 is 23.1 Å². The molecule has 0 spiro atoms. The number of nitrogens with zero attached hydrogens (tertiary/aromatic N) is 4. The van der Waals surface area contributed by atoms with Crippen LogP contribution in [0.2, 0.25) is 0 Å². The number of hydrogen-bond acceptors (Lipinski definition) is 8. The molecule has 5 N–H and O–H groups in total. The van der Waals surface area contributed by atoms with Gasteiger partial charge in [-0.3, -0.25) is 9.36 Å². The standard InChI is InChI=1S/C14H23N7O2S/c1-3-5-8-6-14(15,4-2)11(23-8)21-10-9(24-13(21)22)7-17-12(18-10)19-20-16/h8,11H,3-7,15H2,1-2H3,(H3,16,17,18,19)/t8?,11-,14+/m1/s1. The fourth-order valence-corrected chi connectivity index (χ4v) is 4.17. The van der Waals surface area contributed by atoms with E-state index < -0.39 is 11.8 Å². The zero-order valence-electron chi connectivity index (χ0n) is 13.9. The molecule has 0 amide bonds. The fraction of sp³-hybridized carbons (Fsp3) is 0.714. The number of aromatic nitrogens is 1. The lowest BCUT2D eigenvalue weighted by atomic mass is 9.90. The van der Waals surface area contributed by atoms with Crippen molar-refractivity contribution in [1.82, 2.24) is 4.57 Å². The quantitative estimate of drug-likeness (QED) is 0.430. The van der Waals surface area contributed by atoms with Crippen molar-refractivity contribution in [2.75, 3.05) is 5.32 Å². The first-order valence-corrected chi connectivity index (χ1v) is 8.95. The van der Waals surface area contributed by atoms with Gasteiger partial charge in [-0.25, -0.2) is 4.99 Å². The first kappa shape index (κ1) is 17.1. The van der Waals surface area contributed by atoms with Crippen molar-refractivity contribution in [3.63, 3.8) is 0 Å². The maximum Gasteiger partial charge on any atom is 0.311 e. The molecule has 3 atom stereocenters. The second-order valence-electron chi connectivity index (χ2n) is 6.18. The molecule has 0 aromatic carbocycles. The van der Waals surface area contributed by atoms with E-state index in [-0.39, 0.29) is 16.9 Å². The summed E-state index contributed by atoms with van der Waals surface area (Å²) in [5.74, 6) is 6.00. The summed E-state index contributed by atoms with van der Waals surface area (Å²) in [6.07, 6.45) is 2.96. The van der Waals surface area contributed by atoms with Gasteiger partial charge in [0.25, 0.3) is 0 Å². The number of nitrogens with one attached hydrogen (secondary N) is 1. The summed E-state index contributed by atoms with van der Waals surface area (Å²) < 4.78 is 7.79. The van der Waals surface area contributed by atoms with E-state index in [4.69, 9.17) is 16.3 Å². The van der Waals surface area contributed by atoms with E-state index in [0.29, 0.717) is 12.4 Å². The highest BCUT2D eigenvalue weighted by molar-refractivity contribution is 7.09. The van der Waals surface area contributed by atoms with E-state index in [2.05, 4.69) is 27.6 Å². The number of hydrogen-bond donors (Lipinski definition) is 3. The van der Waals surface area contributed by atoms with Crippen molar-refractivity contribution in [1.29, 1.82) is 0 Å². The van der Waals surface area contributed by atoms with Crippen molar-refractivity contribution in [3.05, 3.63) is 14.5 Å². The SMILES string of the molecule is CCCC1C[C@@](N)(CC)[C@H](n2c3c(sc2=O)CN=C(N=NN)N3)O1. The zero-order valence-corrected chi connectivity index (χ0v) is 14.7. The van der Waals surface area contributed by atoms with Crippen LogP contribution in [-0.2, 0) is 11.3 Å². The lowest BCUT2D eigenvalue weighted by Gasteiger charge is -2.30. The predicted molar refractivity (Wildman–Crippen MR) is 93.0 cm³/mol. The van der Waals surface area contributed by atoms with Crippen LogP contribution < -0.4 is 21.8 Å². The Kier molecular flexibility index (Phi) is 4.70. The van der Waals surface area contributed by atoms with Crippen molar-refractivity contribution < 1.29 is 4.74 Å². The average Bonchev–Trinajstić information content (AvgIpc) is 3.04. The Morgan fingerprint density at radius 1 is 1.54 bits per heavy atom. The Hall–Kier alpha value is -1.78. The highest BCUT2D eigenvalue weighted by Gasteiger charge is 2.47. The Morgan fingerprint density at radius 3 is 3.00 bits per heavy atom. The molecule has 1 aromatic rings. The molecule has 9 nitrogen and oxygen atoms in total. The zero-order chi connectivity index (χ0) is 17.3. The topological polar surface area (TPSA) is 132 Å². The van der Waals surface area contributed by atoms with Gasteiger partial charge in [0.2, 0.25) is 5.96 Å². The van der Waals surface area contributed by atoms with Crippen LogP contribution in [0.4, 0.5) is 5.82 Å². The Bertz CT molecular complexity index is 725. The molecule has 3 heterocycles. The fourth-order valence-electron chi connectivity index (χ4n) is 3.30. The normalized spacial score (nSPS) is 29.5. The molecule has 3 rings (SSSR count). The minimum atomic E-state index is -0.579. The summed E-state index contributed by atoms with van der Waals surface area (Å²) in [5.41, 5.74) is 6.03. The maximum atomic E-state index is 12.6. The molecule has 1 aromatic heterocycles. The average molecular weight is 353 g/mol. The molecular formula is C14H23N7O2S. The molecule has 10 heteroatoms. The predicted octanol–water partition coefficient (Wildman–Crippen LogP) is 1.71. The second kappa shape index (κ2) is 6.61. The van der Waals surface area contributed by atoms with Crippen LogP contribution in [0, 0.1) is 0 Å². The summed E-state index contributed by atoms with van der Waals surface area (Å²) in [4.78, 5) is 17.5. The Morgan fingerprint density at radius 2 is 2.33 bits per heavy atom. The van der Waals surface area contributed by atoms with Gasteiger partial charge >= 0.3 is 4.87 Å². The summed E-state index contributed by atoms with van der Waals surface area (Å²) in [7, 11) is 0. The molecule has 1 unspecified atom stereocenters. The van der Waals surface area contributed by atoms with E-state index >= 15 is 0 Å². The molecular weight excluding hydrogens is 330 g/mol. The summed E-state index contributed by atoms with van der Waals surface area (Å²) in [5, 5.41) is 9.98. The van der Waals surface area contributed by atoms with Crippen LogP contribution >= 0.6 is 11.3 Å². The Labute approximate surface area is 143 Å². The van der Waals surface area contributed by atoms with Crippen LogP contribution in [0.25, 0.3) is 0 Å². The van der Waals surface area contributed by atoms with Gasteiger partial charge < -0.3 is 21.6 Å². The molecule has 2 aliphatic rings. The lowest BCUT2D eigenvalue weighted by molar-refractivity contribution is -0.0221. The molecule has 1 saturated heterocycles. The van der Waals surface area contributed by atoms with Crippen LogP contribution in [0.1, 0.15) is 50.6 Å². The van der Waals surface area contributed by atoms with Gasteiger partial charge in [-0.15, -0.1) is 0 Å². The highest BCUT2D eigenvalue weighted by Crippen LogP contribution is 2.42. The van der Waals surface area contributed by atoms with Gasteiger partial charge in [-0.05, 0) is 19.3 Å². The van der Waals surface area contributed by atoms with Gasteiger partial charge in [0.1, 0.15) is 5.82 Å². The number of nitrogens with two attached hydrogens (primary N) is 2. The number of anilines is 1. The van der Waals surface area contributed by atoms with E-state index in [9.17, 15) is 4.79 Å². The van der Waals surface area contributed by atoms with Crippen LogP contribution in [0.5, 0.6) is 0 Å². The van der Waals surface area contributed by atoms with Crippen LogP contribution in [0.3, 0.4) is 0 Å². The third-order valence-corrected chi connectivity index (χ3v) is 5.53. The van der Waals surface area contributed by atoms with E-state index in [1.165, 1.54) is 0 Å². The third kappa shape index (κ3) is 2.85.